The van der Waals surface area contributed by atoms with Crippen LogP contribution in [0.4, 0.5) is 0 Å². The van der Waals surface area contributed by atoms with Crippen LogP contribution in [-0.4, -0.2) is 37.0 Å². The molecule has 1 aliphatic carbocycles. The summed E-state index contributed by atoms with van der Waals surface area (Å²) in [5.74, 6) is 0.224. The van der Waals surface area contributed by atoms with E-state index in [9.17, 15) is 4.79 Å². The minimum atomic E-state index is 0.224. The van der Waals surface area contributed by atoms with Crippen LogP contribution < -0.4 is 5.32 Å². The lowest BCUT2D eigenvalue weighted by Gasteiger charge is -2.26. The van der Waals surface area contributed by atoms with Crippen LogP contribution in [0.2, 0.25) is 0 Å². The third kappa shape index (κ3) is 5.16. The van der Waals surface area contributed by atoms with Crippen LogP contribution in [0.25, 0.3) is 0 Å². The molecule has 3 nitrogen and oxygen atoms in total. The highest BCUT2D eigenvalue weighted by Gasteiger charge is 2.29. The number of amides is 1. The third-order valence-corrected chi connectivity index (χ3v) is 4.45. The maximum absolute atomic E-state index is 12.0. The van der Waals surface area contributed by atoms with Gasteiger partial charge in [-0.2, -0.15) is 0 Å². The molecular weight excluding hydrogens is 260 g/mol. The standard InChI is InChI=1S/C18H28N2O/c1-20(2)17-13-8-12-16(17)19-18(21)14-7-6-11-15-9-4-3-5-10-15/h3-5,9-10,16-17H,6-8,11-14H2,1-2H3,(H,19,21)/t16-,17-/m1/s1. The van der Waals surface area contributed by atoms with E-state index in [0.717, 1.165) is 25.7 Å². The van der Waals surface area contributed by atoms with Gasteiger partial charge in [0.15, 0.2) is 0 Å². The van der Waals surface area contributed by atoms with E-state index < -0.39 is 0 Å². The SMILES string of the molecule is CN(C)[C@@H]1CCC[C@H]1NC(=O)CCCCc1ccccc1. The molecule has 1 fully saturated rings. The average Bonchev–Trinajstić information content (AvgIpc) is 2.93. The van der Waals surface area contributed by atoms with Crippen molar-refractivity contribution in [2.24, 2.45) is 0 Å². The Hall–Kier alpha value is -1.35. The van der Waals surface area contributed by atoms with Crippen molar-refractivity contribution in [3.63, 3.8) is 0 Å². The molecule has 1 aliphatic rings. The molecule has 1 saturated carbocycles. The molecule has 21 heavy (non-hydrogen) atoms. The number of hydrogen-bond donors (Lipinski definition) is 1. The molecular formula is C18H28N2O. The van der Waals surface area contributed by atoms with Gasteiger partial charge in [-0.3, -0.25) is 4.79 Å². The Morgan fingerprint density at radius 3 is 2.67 bits per heavy atom. The van der Waals surface area contributed by atoms with Gasteiger partial charge in [-0.1, -0.05) is 30.3 Å². The molecule has 1 aromatic rings. The minimum absolute atomic E-state index is 0.224. The van der Waals surface area contributed by atoms with Gasteiger partial charge in [0.05, 0.1) is 0 Å². The van der Waals surface area contributed by atoms with Crippen LogP contribution in [0.15, 0.2) is 30.3 Å². The van der Waals surface area contributed by atoms with Gasteiger partial charge in [-0.15, -0.1) is 0 Å². The van der Waals surface area contributed by atoms with Crippen LogP contribution in [0.3, 0.4) is 0 Å². The predicted molar refractivity (Wildman–Crippen MR) is 87.3 cm³/mol. The highest BCUT2D eigenvalue weighted by molar-refractivity contribution is 5.76. The van der Waals surface area contributed by atoms with Crippen molar-refractivity contribution in [2.75, 3.05) is 14.1 Å². The molecule has 0 radical (unpaired) electrons. The zero-order valence-corrected chi connectivity index (χ0v) is 13.3. The van der Waals surface area contributed by atoms with Crippen molar-refractivity contribution in [3.05, 3.63) is 35.9 Å². The summed E-state index contributed by atoms with van der Waals surface area (Å²) in [7, 11) is 4.21. The topological polar surface area (TPSA) is 32.3 Å². The summed E-state index contributed by atoms with van der Waals surface area (Å²) in [5.41, 5.74) is 1.36. The van der Waals surface area contributed by atoms with Crippen molar-refractivity contribution in [3.8, 4) is 0 Å². The summed E-state index contributed by atoms with van der Waals surface area (Å²) in [6, 6.07) is 11.4. The van der Waals surface area contributed by atoms with Crippen LogP contribution in [0.5, 0.6) is 0 Å². The Labute approximate surface area is 128 Å². The Morgan fingerprint density at radius 2 is 1.95 bits per heavy atom. The molecule has 3 heteroatoms. The highest BCUT2D eigenvalue weighted by Crippen LogP contribution is 2.22. The number of carbonyl (C=O) groups excluding carboxylic acids is 1. The van der Waals surface area contributed by atoms with E-state index in [1.807, 2.05) is 6.07 Å². The maximum Gasteiger partial charge on any atom is 0.220 e. The summed E-state index contributed by atoms with van der Waals surface area (Å²) in [5, 5.41) is 3.23. The molecule has 1 N–H and O–H groups in total. The van der Waals surface area contributed by atoms with Gasteiger partial charge in [0, 0.05) is 18.5 Å². The Morgan fingerprint density at radius 1 is 1.19 bits per heavy atom. The molecule has 0 unspecified atom stereocenters. The number of aryl methyl sites for hydroxylation is 1. The van der Waals surface area contributed by atoms with Crippen LogP contribution in [0.1, 0.15) is 44.1 Å². The van der Waals surface area contributed by atoms with Gasteiger partial charge < -0.3 is 10.2 Å². The maximum atomic E-state index is 12.0. The molecule has 0 heterocycles. The van der Waals surface area contributed by atoms with E-state index in [-0.39, 0.29) is 5.91 Å². The summed E-state index contributed by atoms with van der Waals surface area (Å²) in [6.07, 6.45) is 7.33. The Balaban J connectivity index is 1.63. The molecule has 0 spiro atoms. The number of hydrogen-bond acceptors (Lipinski definition) is 2. The zero-order chi connectivity index (χ0) is 15.1. The highest BCUT2D eigenvalue weighted by atomic mass is 16.1. The average molecular weight is 288 g/mol. The number of likely N-dealkylation sites (N-methyl/N-ethyl adjacent to an activating group) is 1. The number of carbonyl (C=O) groups is 1. The van der Waals surface area contributed by atoms with Crippen molar-refractivity contribution >= 4 is 5.91 Å². The van der Waals surface area contributed by atoms with Gasteiger partial charge in [-0.05, 0) is 58.2 Å². The molecule has 2 rings (SSSR count). The Bertz CT molecular complexity index is 430. The van der Waals surface area contributed by atoms with E-state index in [1.165, 1.54) is 18.4 Å². The minimum Gasteiger partial charge on any atom is -0.352 e. The van der Waals surface area contributed by atoms with Crippen molar-refractivity contribution < 1.29 is 4.79 Å². The first-order valence-electron chi connectivity index (χ1n) is 8.16. The number of benzene rings is 1. The quantitative estimate of drug-likeness (QED) is 0.782. The molecule has 0 saturated heterocycles. The smallest absolute Gasteiger partial charge is 0.220 e. The first kappa shape index (κ1) is 16.0. The first-order chi connectivity index (χ1) is 10.2. The third-order valence-electron chi connectivity index (χ3n) is 4.45. The molecule has 1 amide bonds. The number of nitrogens with zero attached hydrogens (tertiary/aromatic N) is 1. The lowest BCUT2D eigenvalue weighted by atomic mass is 10.1. The van der Waals surface area contributed by atoms with Gasteiger partial charge in [0.1, 0.15) is 0 Å². The second-order valence-corrected chi connectivity index (χ2v) is 6.33. The lowest BCUT2D eigenvalue weighted by Crippen LogP contribution is -2.46. The molecule has 0 aromatic heterocycles. The largest absolute Gasteiger partial charge is 0.352 e. The molecule has 2 atom stereocenters. The van der Waals surface area contributed by atoms with Gasteiger partial charge in [0.2, 0.25) is 5.91 Å². The van der Waals surface area contributed by atoms with Crippen LogP contribution in [-0.2, 0) is 11.2 Å². The summed E-state index contributed by atoms with van der Waals surface area (Å²) < 4.78 is 0. The monoisotopic (exact) mass is 288 g/mol. The van der Waals surface area contributed by atoms with E-state index in [2.05, 4.69) is 48.6 Å². The van der Waals surface area contributed by atoms with Crippen LogP contribution in [0, 0.1) is 0 Å². The normalized spacial score (nSPS) is 21.7. The summed E-state index contributed by atoms with van der Waals surface area (Å²) in [4.78, 5) is 14.3. The number of nitrogens with one attached hydrogen (secondary N) is 1. The zero-order valence-electron chi connectivity index (χ0n) is 13.3. The Kier molecular flexibility index (Phi) is 6.24. The van der Waals surface area contributed by atoms with E-state index >= 15 is 0 Å². The molecule has 0 aliphatic heterocycles. The van der Waals surface area contributed by atoms with E-state index in [4.69, 9.17) is 0 Å². The fraction of sp³-hybridized carbons (Fsp3) is 0.611. The van der Waals surface area contributed by atoms with Crippen molar-refractivity contribution in [1.29, 1.82) is 0 Å². The predicted octanol–water partition coefficient (Wildman–Crippen LogP) is 3.00. The fourth-order valence-electron chi connectivity index (χ4n) is 3.27. The van der Waals surface area contributed by atoms with E-state index in [0.29, 0.717) is 18.5 Å². The second-order valence-electron chi connectivity index (χ2n) is 6.33. The first-order valence-corrected chi connectivity index (χ1v) is 8.16. The van der Waals surface area contributed by atoms with Gasteiger partial charge in [0.25, 0.3) is 0 Å². The van der Waals surface area contributed by atoms with Gasteiger partial charge in [-0.25, -0.2) is 0 Å². The molecule has 1 aromatic carbocycles. The van der Waals surface area contributed by atoms with E-state index in [1.54, 1.807) is 0 Å². The lowest BCUT2D eigenvalue weighted by molar-refractivity contribution is -0.122. The summed E-state index contributed by atoms with van der Waals surface area (Å²) in [6.45, 7) is 0. The number of rotatable bonds is 7. The molecule has 0 bridgehead atoms. The van der Waals surface area contributed by atoms with Crippen molar-refractivity contribution in [2.45, 2.75) is 57.0 Å². The fourth-order valence-corrected chi connectivity index (χ4v) is 3.27. The second kappa shape index (κ2) is 8.18. The summed E-state index contributed by atoms with van der Waals surface area (Å²) >= 11 is 0. The van der Waals surface area contributed by atoms with Crippen LogP contribution >= 0.6 is 0 Å². The van der Waals surface area contributed by atoms with Crippen molar-refractivity contribution in [1.82, 2.24) is 10.2 Å². The van der Waals surface area contributed by atoms with Gasteiger partial charge >= 0.3 is 0 Å². The number of unbranched alkanes of at least 4 members (excludes halogenated alkanes) is 1. The molecule has 116 valence electrons.